The minimum Gasteiger partial charge on any atom is -0.859 e. The fourth-order valence-corrected chi connectivity index (χ4v) is 4.75. The molecule has 0 aliphatic heterocycles. The van der Waals surface area contributed by atoms with E-state index >= 15 is 0 Å². The third kappa shape index (κ3) is 21.9. The van der Waals surface area contributed by atoms with Crippen LogP contribution < -0.4 is 138 Å². The Hall–Kier alpha value is -0.660. The van der Waals surface area contributed by atoms with E-state index in [0.29, 0.717) is 26.4 Å². The third-order valence-electron chi connectivity index (χ3n) is 5.54. The van der Waals surface area contributed by atoms with E-state index in [1.54, 1.807) is 0 Å². The number of carbonyl (C=O) groups is 4. The van der Waals surface area contributed by atoms with Gasteiger partial charge < -0.3 is 47.1 Å². The Bertz CT molecular complexity index is 1870. The first-order valence-electron chi connectivity index (χ1n) is 13.6. The van der Waals surface area contributed by atoms with Gasteiger partial charge in [-0.2, -0.15) is 0 Å². The van der Waals surface area contributed by atoms with Crippen molar-refractivity contribution in [3.05, 3.63) is 83.0 Å². The molecule has 0 aromatic heterocycles. The largest absolute Gasteiger partial charge is 1.00 e. The van der Waals surface area contributed by atoms with Crippen LogP contribution >= 0.6 is 31.3 Å². The number of allylic oxidation sites excluding steroid dienone is 2. The molecule has 4 unspecified atom stereocenters. The summed E-state index contributed by atoms with van der Waals surface area (Å²) in [7, 11) is -17.3. The molecule has 4 atom stereocenters. The van der Waals surface area contributed by atoms with Crippen molar-refractivity contribution in [1.82, 2.24) is 0 Å². The average Bonchev–Trinajstić information content (AvgIpc) is 3.09. The molecule has 0 fully saturated rings. The van der Waals surface area contributed by atoms with Crippen LogP contribution in [0.4, 0.5) is 11.4 Å². The minimum absolute atomic E-state index is 0. The molecule has 0 spiro atoms. The second-order valence-corrected chi connectivity index (χ2v) is 15.1. The van der Waals surface area contributed by atoms with Crippen LogP contribution in [-0.2, 0) is 54.5 Å². The standard InChI is InChI=1S/C26H28N2O22P4.4Na/c1-43-51(35,36)47-23(31)15-9-16(24(32)48-52(37,38)44-2)12-19(11-15)27-21(29)7-5-6-8-22(30)28-20-13-17(25(33)49-53(39,40)45-3)10-18(14-20)26(34)50-54(41,42)46-4;;;;/h5-14H,1-4H3,(H,27,29)(H,28,30)(H,35,36)(H,37,38)(H,39,40)(H,41,42);;;;/q;4*+1/p-4/b7-5+,8-6+;;;;. The van der Waals surface area contributed by atoms with E-state index in [-0.39, 0.29) is 118 Å². The van der Waals surface area contributed by atoms with Crippen molar-refractivity contribution in [1.29, 1.82) is 0 Å². The summed E-state index contributed by atoms with van der Waals surface area (Å²) in [5.74, 6) is -8.66. The molecule has 2 rings (SSSR count). The number of hydrogen-bond acceptors (Lipinski definition) is 22. The van der Waals surface area contributed by atoms with Crippen molar-refractivity contribution < 1.29 is 222 Å². The molecule has 24 nitrogen and oxygen atoms in total. The second kappa shape index (κ2) is 27.4. The number of phosphoric ester groups is 4. The molecule has 0 aliphatic carbocycles. The fraction of sp³-hybridized carbons (Fsp3) is 0.154. The zero-order chi connectivity index (χ0) is 41.1. The SMILES string of the molecule is COP(=O)([O-])OC(=O)c1cc(N=C([O-])/C=C/C=C/C([O-])=Nc2cc(C(=O)OP(=O)(O)OC)cc(C(=O)OP(=O)(O)OC)c2)cc(C(=O)OP(=O)([O-])OC)c1.[Na+].[Na+].[Na+].[Na+]. The maximum absolute atomic E-state index is 12.5. The summed E-state index contributed by atoms with van der Waals surface area (Å²) in [5.41, 5.74) is -3.86. The molecule has 294 valence electrons. The quantitative estimate of drug-likeness (QED) is 0.0489. The topological polar surface area (TPSA) is 368 Å². The molecular formula is C26H24N2Na4O22P4. The van der Waals surface area contributed by atoms with Gasteiger partial charge in [-0.1, -0.05) is 24.3 Å². The molecule has 0 aliphatic rings. The summed E-state index contributed by atoms with van der Waals surface area (Å²) in [6, 6.07) is 4.48. The maximum atomic E-state index is 12.5. The summed E-state index contributed by atoms with van der Waals surface area (Å²) in [5, 5.41) is 24.9. The van der Waals surface area contributed by atoms with E-state index in [1.807, 2.05) is 0 Å². The predicted molar refractivity (Wildman–Crippen MR) is 170 cm³/mol. The molecule has 2 N–H and O–H groups in total. The number of hydrogen-bond donors (Lipinski definition) is 2. The smallest absolute Gasteiger partial charge is 0.859 e. The molecule has 0 saturated carbocycles. The first-order chi connectivity index (χ1) is 24.9. The van der Waals surface area contributed by atoms with Crippen molar-refractivity contribution in [2.45, 2.75) is 0 Å². The number of rotatable bonds is 17. The van der Waals surface area contributed by atoms with Crippen LogP contribution in [0.3, 0.4) is 0 Å². The first kappa shape index (κ1) is 61.6. The summed E-state index contributed by atoms with van der Waals surface area (Å²) in [6.45, 7) is 0. The van der Waals surface area contributed by atoms with Gasteiger partial charge in [0.2, 0.25) is 0 Å². The van der Waals surface area contributed by atoms with Gasteiger partial charge in [0.1, 0.15) is 0 Å². The van der Waals surface area contributed by atoms with Gasteiger partial charge >= 0.3 is 173 Å². The van der Waals surface area contributed by atoms with Gasteiger partial charge in [-0.3, -0.25) is 37.9 Å². The Labute approximate surface area is 416 Å². The van der Waals surface area contributed by atoms with Crippen LogP contribution in [0, 0.1) is 0 Å². The molecule has 2 aromatic carbocycles. The maximum Gasteiger partial charge on any atom is 1.00 e. The van der Waals surface area contributed by atoms with E-state index in [0.717, 1.165) is 62.8 Å². The molecule has 2 aromatic rings. The van der Waals surface area contributed by atoms with Gasteiger partial charge in [-0.25, -0.2) is 28.3 Å². The third-order valence-corrected chi connectivity index (χ3v) is 8.93. The normalized spacial score (nSPS) is 15.6. The summed E-state index contributed by atoms with van der Waals surface area (Å²) < 4.78 is 79.7. The van der Waals surface area contributed by atoms with E-state index in [2.05, 4.69) is 46.2 Å². The number of phosphoric acid groups is 4. The average molecular weight is 932 g/mol. The Morgan fingerprint density at radius 3 is 1.02 bits per heavy atom. The second-order valence-electron chi connectivity index (χ2n) is 9.23. The van der Waals surface area contributed by atoms with Gasteiger partial charge in [0, 0.05) is 28.4 Å². The van der Waals surface area contributed by atoms with Gasteiger partial charge in [-0.15, -0.1) is 0 Å². The minimum atomic E-state index is -5.17. The molecule has 58 heavy (non-hydrogen) atoms. The number of benzene rings is 2. The van der Waals surface area contributed by atoms with Crippen LogP contribution in [0.25, 0.3) is 0 Å². The Morgan fingerprint density at radius 1 is 0.517 bits per heavy atom. The molecule has 0 radical (unpaired) electrons. The number of nitrogens with zero attached hydrogens (tertiary/aromatic N) is 2. The molecule has 0 heterocycles. The zero-order valence-corrected chi connectivity index (χ0v) is 43.1. The Kier molecular flexibility index (Phi) is 29.1. The van der Waals surface area contributed by atoms with E-state index in [1.165, 1.54) is 0 Å². The van der Waals surface area contributed by atoms with Crippen molar-refractivity contribution >= 4 is 78.3 Å². The Morgan fingerprint density at radius 2 is 0.776 bits per heavy atom. The van der Waals surface area contributed by atoms with Crippen LogP contribution in [0.15, 0.2) is 70.7 Å². The molecular weight excluding hydrogens is 908 g/mol. The van der Waals surface area contributed by atoms with Crippen LogP contribution in [0.1, 0.15) is 41.4 Å². The molecule has 0 amide bonds. The molecule has 32 heteroatoms. The molecule has 0 bridgehead atoms. The monoisotopic (exact) mass is 932 g/mol. The van der Waals surface area contributed by atoms with Crippen molar-refractivity contribution in [2.75, 3.05) is 28.4 Å². The fourth-order valence-electron chi connectivity index (χ4n) is 3.20. The predicted octanol–water partition coefficient (Wildman–Crippen LogP) is -11.4. The van der Waals surface area contributed by atoms with E-state index < -0.39 is 101 Å². The van der Waals surface area contributed by atoms with Crippen LogP contribution in [-0.4, -0.2) is 73.9 Å². The summed E-state index contributed by atoms with van der Waals surface area (Å²) in [6.07, 6.45) is 3.30. The van der Waals surface area contributed by atoms with Crippen LogP contribution in [0.2, 0.25) is 0 Å². The zero-order valence-electron chi connectivity index (χ0n) is 31.5. The Balaban J connectivity index is -0.00000756. The van der Waals surface area contributed by atoms with Crippen molar-refractivity contribution in [2.24, 2.45) is 9.98 Å². The van der Waals surface area contributed by atoms with Gasteiger partial charge in [0.25, 0.3) is 0 Å². The van der Waals surface area contributed by atoms with Crippen molar-refractivity contribution in [3.8, 4) is 0 Å². The van der Waals surface area contributed by atoms with Gasteiger partial charge in [0.05, 0.1) is 33.6 Å². The van der Waals surface area contributed by atoms with E-state index in [9.17, 15) is 67.2 Å². The number of carbonyl (C=O) groups excluding carboxylic acids is 4. The summed E-state index contributed by atoms with van der Waals surface area (Å²) in [4.78, 5) is 98.7. The van der Waals surface area contributed by atoms with Crippen LogP contribution in [0.5, 0.6) is 0 Å². The molecule has 0 saturated heterocycles. The number of aliphatic imine (C=N–C) groups is 2. The van der Waals surface area contributed by atoms with E-state index in [4.69, 9.17) is 0 Å². The van der Waals surface area contributed by atoms with Gasteiger partial charge in [-0.05, 0) is 48.2 Å². The first-order valence-corrected chi connectivity index (χ1v) is 19.5. The van der Waals surface area contributed by atoms with Gasteiger partial charge in [0.15, 0.2) is 0 Å². The van der Waals surface area contributed by atoms with Crippen molar-refractivity contribution in [3.63, 3.8) is 0 Å². The summed E-state index contributed by atoms with van der Waals surface area (Å²) >= 11 is 0.